The second-order valence-corrected chi connectivity index (χ2v) is 9.29. The smallest absolute Gasteiger partial charge is 0.410 e. The largest absolute Gasteiger partial charge is 0.444 e. The van der Waals surface area contributed by atoms with Crippen molar-refractivity contribution in [3.8, 4) is 0 Å². The maximum absolute atomic E-state index is 13.9. The standard InChI is InChI=1S/C18H26FN5O4S/c1-12-14(10-15(21-22-20)13(2)16(12)29(19,26)27)11-23-6-8-24(9-7-23)17(25)28-18(3,4)5/h10H,6-9,11H2,1-5H3. The highest BCUT2D eigenvalue weighted by Gasteiger charge is 2.27. The summed E-state index contributed by atoms with van der Waals surface area (Å²) in [6.07, 6.45) is -0.375. The number of hydrogen-bond acceptors (Lipinski definition) is 6. The molecule has 2 rings (SSSR count). The van der Waals surface area contributed by atoms with Crippen LogP contribution in [-0.4, -0.2) is 56.1 Å². The number of rotatable bonds is 4. The molecular weight excluding hydrogens is 401 g/mol. The van der Waals surface area contributed by atoms with Crippen LogP contribution in [0.1, 0.15) is 37.5 Å². The molecule has 11 heteroatoms. The van der Waals surface area contributed by atoms with Gasteiger partial charge in [0.2, 0.25) is 0 Å². The fourth-order valence-electron chi connectivity index (χ4n) is 3.26. The molecule has 0 bridgehead atoms. The molecule has 9 nitrogen and oxygen atoms in total. The molecule has 1 amide bonds. The number of nitrogens with zero attached hydrogens (tertiary/aromatic N) is 5. The quantitative estimate of drug-likeness (QED) is 0.312. The summed E-state index contributed by atoms with van der Waals surface area (Å²) in [6, 6.07) is 1.58. The van der Waals surface area contributed by atoms with Gasteiger partial charge in [0, 0.05) is 43.3 Å². The molecule has 0 aliphatic carbocycles. The van der Waals surface area contributed by atoms with Crippen molar-refractivity contribution in [2.75, 3.05) is 26.2 Å². The van der Waals surface area contributed by atoms with Gasteiger partial charge in [-0.25, -0.2) is 4.79 Å². The number of hydrogen-bond donors (Lipinski definition) is 0. The second kappa shape index (κ2) is 8.56. The Morgan fingerprint density at radius 1 is 1.24 bits per heavy atom. The molecule has 1 heterocycles. The fraction of sp³-hybridized carbons (Fsp3) is 0.611. The van der Waals surface area contributed by atoms with Crippen LogP contribution in [-0.2, 0) is 21.5 Å². The number of ether oxygens (including phenoxy) is 1. The number of benzene rings is 1. The van der Waals surface area contributed by atoms with Crippen LogP contribution in [0.2, 0.25) is 0 Å². The zero-order chi connectivity index (χ0) is 22.0. The molecule has 1 aromatic rings. The molecule has 0 aromatic heterocycles. The minimum atomic E-state index is -4.98. The third-order valence-corrected chi connectivity index (χ3v) is 5.77. The molecule has 0 saturated carbocycles. The lowest BCUT2D eigenvalue weighted by molar-refractivity contribution is 0.0139. The van der Waals surface area contributed by atoms with Gasteiger partial charge in [0.1, 0.15) is 10.5 Å². The highest BCUT2D eigenvalue weighted by atomic mass is 32.3. The molecule has 0 N–H and O–H groups in total. The van der Waals surface area contributed by atoms with Gasteiger partial charge in [0.25, 0.3) is 0 Å². The molecule has 160 valence electrons. The molecule has 1 saturated heterocycles. The van der Waals surface area contributed by atoms with E-state index in [9.17, 15) is 17.1 Å². The van der Waals surface area contributed by atoms with Gasteiger partial charge in [-0.2, -0.15) is 8.42 Å². The Kier molecular flexibility index (Phi) is 6.77. The summed E-state index contributed by atoms with van der Waals surface area (Å²) < 4.78 is 42.5. The van der Waals surface area contributed by atoms with Gasteiger partial charge in [-0.3, -0.25) is 4.90 Å². The summed E-state index contributed by atoms with van der Waals surface area (Å²) in [5.74, 6) is 0. The van der Waals surface area contributed by atoms with E-state index in [1.807, 2.05) is 4.90 Å². The van der Waals surface area contributed by atoms with Crippen molar-refractivity contribution < 1.29 is 21.8 Å². The van der Waals surface area contributed by atoms with E-state index in [1.54, 1.807) is 31.7 Å². The molecular formula is C18H26FN5O4S. The predicted octanol–water partition coefficient (Wildman–Crippen LogP) is 3.96. The molecule has 0 spiro atoms. The van der Waals surface area contributed by atoms with Gasteiger partial charge < -0.3 is 9.64 Å². The average molecular weight is 428 g/mol. The Labute approximate surface area is 170 Å². The van der Waals surface area contributed by atoms with Crippen LogP contribution >= 0.6 is 0 Å². The number of amides is 1. The second-order valence-electron chi connectivity index (χ2n) is 8.00. The molecule has 1 aromatic carbocycles. The first-order valence-corrected chi connectivity index (χ1v) is 10.5. The van der Waals surface area contributed by atoms with Crippen LogP contribution < -0.4 is 0 Å². The first-order valence-electron chi connectivity index (χ1n) is 9.16. The Balaban J connectivity index is 2.20. The van der Waals surface area contributed by atoms with E-state index < -0.39 is 20.7 Å². The van der Waals surface area contributed by atoms with Crippen molar-refractivity contribution in [1.82, 2.24) is 9.80 Å². The normalized spacial score (nSPS) is 15.7. The summed E-state index contributed by atoms with van der Waals surface area (Å²) in [5.41, 5.74) is 9.17. The monoisotopic (exact) mass is 427 g/mol. The van der Waals surface area contributed by atoms with E-state index in [4.69, 9.17) is 10.3 Å². The van der Waals surface area contributed by atoms with E-state index in [1.165, 1.54) is 13.8 Å². The first kappa shape index (κ1) is 22.9. The predicted molar refractivity (Wildman–Crippen MR) is 106 cm³/mol. The van der Waals surface area contributed by atoms with Crippen molar-refractivity contribution in [1.29, 1.82) is 0 Å². The van der Waals surface area contributed by atoms with E-state index in [2.05, 4.69) is 10.0 Å². The van der Waals surface area contributed by atoms with Gasteiger partial charge in [-0.15, -0.1) is 3.89 Å². The van der Waals surface area contributed by atoms with E-state index in [0.29, 0.717) is 38.3 Å². The Morgan fingerprint density at radius 2 is 1.83 bits per heavy atom. The average Bonchev–Trinajstić information content (AvgIpc) is 2.57. The molecule has 1 aliphatic rings. The highest BCUT2D eigenvalue weighted by molar-refractivity contribution is 7.86. The molecule has 1 fully saturated rings. The highest BCUT2D eigenvalue weighted by Crippen LogP contribution is 2.33. The lowest BCUT2D eigenvalue weighted by Gasteiger charge is -2.36. The van der Waals surface area contributed by atoms with Crippen LogP contribution in [0.5, 0.6) is 0 Å². The third kappa shape index (κ3) is 5.81. The minimum absolute atomic E-state index is 0.0803. The third-order valence-electron chi connectivity index (χ3n) is 4.67. The van der Waals surface area contributed by atoms with Crippen molar-refractivity contribution in [2.24, 2.45) is 5.11 Å². The number of carbonyl (C=O) groups excluding carboxylic acids is 1. The van der Waals surface area contributed by atoms with Gasteiger partial charge in [-0.05, 0) is 62.9 Å². The van der Waals surface area contributed by atoms with Crippen LogP contribution in [0.4, 0.5) is 14.4 Å². The summed E-state index contributed by atoms with van der Waals surface area (Å²) in [5, 5.41) is 3.51. The van der Waals surface area contributed by atoms with Crippen LogP contribution in [0, 0.1) is 13.8 Å². The fourth-order valence-corrected chi connectivity index (χ4v) is 4.23. The van der Waals surface area contributed by atoms with Gasteiger partial charge in [0.05, 0.1) is 0 Å². The summed E-state index contributed by atoms with van der Waals surface area (Å²) in [7, 11) is -4.98. The van der Waals surface area contributed by atoms with E-state index in [0.717, 1.165) is 0 Å². The maximum Gasteiger partial charge on any atom is 0.410 e. The molecule has 0 atom stereocenters. The molecule has 0 unspecified atom stereocenters. The van der Waals surface area contributed by atoms with Gasteiger partial charge >= 0.3 is 16.3 Å². The van der Waals surface area contributed by atoms with Crippen LogP contribution in [0.15, 0.2) is 16.1 Å². The van der Waals surface area contributed by atoms with Crippen molar-refractivity contribution in [3.05, 3.63) is 33.2 Å². The van der Waals surface area contributed by atoms with Crippen LogP contribution in [0.25, 0.3) is 10.4 Å². The van der Waals surface area contributed by atoms with E-state index >= 15 is 0 Å². The van der Waals surface area contributed by atoms with Crippen molar-refractivity contribution in [2.45, 2.75) is 51.7 Å². The number of azide groups is 1. The lowest BCUT2D eigenvalue weighted by Crippen LogP contribution is -2.49. The Morgan fingerprint density at radius 3 is 2.31 bits per heavy atom. The SMILES string of the molecule is Cc1c(CN2CCN(C(=O)OC(C)(C)C)CC2)cc(N=[N+]=[N-])c(C)c1S(=O)(=O)F. The van der Waals surface area contributed by atoms with E-state index in [-0.39, 0.29) is 22.9 Å². The number of piperazine rings is 1. The van der Waals surface area contributed by atoms with Gasteiger partial charge in [0.15, 0.2) is 0 Å². The lowest BCUT2D eigenvalue weighted by atomic mass is 10.0. The summed E-state index contributed by atoms with van der Waals surface area (Å²) >= 11 is 0. The zero-order valence-electron chi connectivity index (χ0n) is 17.3. The topological polar surface area (TPSA) is 116 Å². The maximum atomic E-state index is 13.9. The molecule has 1 aliphatic heterocycles. The zero-order valence-corrected chi connectivity index (χ0v) is 18.1. The number of carbonyl (C=O) groups is 1. The van der Waals surface area contributed by atoms with Crippen LogP contribution in [0.3, 0.4) is 0 Å². The summed E-state index contributed by atoms with van der Waals surface area (Å²) in [6.45, 7) is 10.7. The van der Waals surface area contributed by atoms with Crippen molar-refractivity contribution >= 4 is 22.0 Å². The molecule has 29 heavy (non-hydrogen) atoms. The Bertz CT molecular complexity index is 944. The summed E-state index contributed by atoms with van der Waals surface area (Å²) in [4.78, 5) is 18.1. The van der Waals surface area contributed by atoms with Gasteiger partial charge in [-0.1, -0.05) is 5.11 Å². The molecule has 0 radical (unpaired) electrons. The van der Waals surface area contributed by atoms with Crippen molar-refractivity contribution in [3.63, 3.8) is 0 Å². The number of halogens is 1. The minimum Gasteiger partial charge on any atom is -0.444 e. The first-order chi connectivity index (χ1) is 13.3. The Hall–Kier alpha value is -2.36.